The number of aryl methyl sites for hydroxylation is 1. The maximum atomic E-state index is 13.0. The Bertz CT molecular complexity index is 1010. The Hall–Kier alpha value is -2.50. The Balaban J connectivity index is 1.93. The molecule has 0 bridgehead atoms. The zero-order valence-electron chi connectivity index (χ0n) is 14.6. The number of sulfonamides is 1. The molecule has 0 saturated heterocycles. The van der Waals surface area contributed by atoms with Crippen molar-refractivity contribution in [2.75, 3.05) is 6.54 Å². The second-order valence-electron chi connectivity index (χ2n) is 6.29. The number of hydrogen-bond acceptors (Lipinski definition) is 3. The van der Waals surface area contributed by atoms with Crippen molar-refractivity contribution in [2.24, 2.45) is 0 Å². The third-order valence-corrected chi connectivity index (χ3v) is 6.19. The van der Waals surface area contributed by atoms with Gasteiger partial charge in [-0.2, -0.15) is 4.31 Å². The van der Waals surface area contributed by atoms with E-state index in [1.165, 1.54) is 4.31 Å². The van der Waals surface area contributed by atoms with Crippen molar-refractivity contribution in [1.29, 1.82) is 0 Å². The summed E-state index contributed by atoms with van der Waals surface area (Å²) in [5, 5.41) is 2.17. The molecule has 0 aliphatic rings. The highest BCUT2D eigenvalue weighted by molar-refractivity contribution is 7.89. The van der Waals surface area contributed by atoms with E-state index in [2.05, 4.69) is 0 Å². The van der Waals surface area contributed by atoms with Crippen LogP contribution in [0.4, 0.5) is 0 Å². The van der Waals surface area contributed by atoms with E-state index in [4.69, 9.17) is 0 Å². The summed E-state index contributed by atoms with van der Waals surface area (Å²) in [5.74, 6) is 0. The normalized spacial score (nSPS) is 11.8. The second-order valence-corrected chi connectivity index (χ2v) is 8.23. The molecule has 0 radical (unpaired) electrons. The molecule has 5 heteroatoms. The van der Waals surface area contributed by atoms with Gasteiger partial charge in [-0.05, 0) is 41.5 Å². The van der Waals surface area contributed by atoms with Gasteiger partial charge in [0.05, 0.1) is 4.90 Å². The van der Waals surface area contributed by atoms with Gasteiger partial charge in [0.25, 0.3) is 0 Å². The molecule has 0 aliphatic heterocycles. The van der Waals surface area contributed by atoms with Crippen molar-refractivity contribution in [3.8, 4) is 0 Å². The lowest BCUT2D eigenvalue weighted by Gasteiger charge is -2.22. The summed E-state index contributed by atoms with van der Waals surface area (Å²) in [6, 6.07) is 20.6. The molecule has 0 unspecified atom stereocenters. The SMILES string of the molecule is Cc1ccc(S(=O)(=O)N(CCC=O)Cc2ccc3ccccc3c2)cc1. The van der Waals surface area contributed by atoms with E-state index in [1.807, 2.05) is 49.4 Å². The second kappa shape index (κ2) is 7.81. The van der Waals surface area contributed by atoms with Crippen molar-refractivity contribution >= 4 is 27.1 Å². The van der Waals surface area contributed by atoms with Gasteiger partial charge in [0, 0.05) is 19.5 Å². The molecule has 3 rings (SSSR count). The van der Waals surface area contributed by atoms with Crippen LogP contribution in [0, 0.1) is 6.92 Å². The molecule has 26 heavy (non-hydrogen) atoms. The fourth-order valence-electron chi connectivity index (χ4n) is 2.88. The summed E-state index contributed by atoms with van der Waals surface area (Å²) in [7, 11) is -3.67. The van der Waals surface area contributed by atoms with Crippen molar-refractivity contribution in [3.63, 3.8) is 0 Å². The van der Waals surface area contributed by atoms with E-state index in [0.29, 0.717) is 0 Å². The molecule has 0 aromatic heterocycles. The van der Waals surface area contributed by atoms with E-state index in [-0.39, 0.29) is 24.4 Å². The van der Waals surface area contributed by atoms with Gasteiger partial charge in [0.15, 0.2) is 0 Å². The van der Waals surface area contributed by atoms with E-state index < -0.39 is 10.0 Å². The molecule has 0 atom stereocenters. The summed E-state index contributed by atoms with van der Waals surface area (Å²) in [6.45, 7) is 2.30. The predicted octanol–water partition coefficient (Wildman–Crippen LogP) is 3.93. The van der Waals surface area contributed by atoms with Crippen LogP contribution in [0.3, 0.4) is 0 Å². The molecular formula is C21H21NO3S. The van der Waals surface area contributed by atoms with Gasteiger partial charge < -0.3 is 4.79 Å². The van der Waals surface area contributed by atoms with Gasteiger partial charge >= 0.3 is 0 Å². The lowest BCUT2D eigenvalue weighted by Crippen LogP contribution is -2.31. The van der Waals surface area contributed by atoms with E-state index >= 15 is 0 Å². The van der Waals surface area contributed by atoms with Crippen LogP contribution in [0.2, 0.25) is 0 Å². The molecule has 4 nitrogen and oxygen atoms in total. The highest BCUT2D eigenvalue weighted by Gasteiger charge is 2.24. The van der Waals surface area contributed by atoms with Crippen molar-refractivity contribution < 1.29 is 13.2 Å². The molecule has 0 spiro atoms. The van der Waals surface area contributed by atoms with Crippen LogP contribution in [-0.2, 0) is 21.4 Å². The fraction of sp³-hybridized carbons (Fsp3) is 0.190. The summed E-state index contributed by atoms with van der Waals surface area (Å²) in [6.07, 6.45) is 0.913. The van der Waals surface area contributed by atoms with Crippen LogP contribution in [0.15, 0.2) is 71.6 Å². The molecule has 0 fully saturated rings. The minimum Gasteiger partial charge on any atom is -0.303 e. The van der Waals surface area contributed by atoms with Gasteiger partial charge in [-0.15, -0.1) is 0 Å². The quantitative estimate of drug-likeness (QED) is 0.595. The van der Waals surface area contributed by atoms with Gasteiger partial charge in [-0.1, -0.05) is 54.1 Å². The van der Waals surface area contributed by atoms with Gasteiger partial charge in [-0.3, -0.25) is 0 Å². The Morgan fingerprint density at radius 2 is 1.62 bits per heavy atom. The summed E-state index contributed by atoms with van der Waals surface area (Å²) in [4.78, 5) is 11.1. The summed E-state index contributed by atoms with van der Waals surface area (Å²) < 4.78 is 27.4. The number of aldehydes is 1. The van der Waals surface area contributed by atoms with Crippen molar-refractivity contribution in [3.05, 3.63) is 77.9 Å². The summed E-state index contributed by atoms with van der Waals surface area (Å²) >= 11 is 0. The average molecular weight is 367 g/mol. The molecule has 3 aromatic rings. The van der Waals surface area contributed by atoms with E-state index in [0.717, 1.165) is 28.2 Å². The van der Waals surface area contributed by atoms with Crippen LogP contribution >= 0.6 is 0 Å². The fourth-order valence-corrected chi connectivity index (χ4v) is 4.32. The minimum atomic E-state index is -3.67. The number of rotatable bonds is 7. The predicted molar refractivity (Wildman–Crippen MR) is 103 cm³/mol. The Morgan fingerprint density at radius 1 is 0.923 bits per heavy atom. The monoisotopic (exact) mass is 367 g/mol. The molecule has 0 aliphatic carbocycles. The highest BCUT2D eigenvalue weighted by atomic mass is 32.2. The Labute approximate surface area is 154 Å². The average Bonchev–Trinajstić information content (AvgIpc) is 2.65. The number of fused-ring (bicyclic) bond motifs is 1. The Morgan fingerprint density at radius 3 is 2.31 bits per heavy atom. The van der Waals surface area contributed by atoms with E-state index in [9.17, 15) is 13.2 Å². The van der Waals surface area contributed by atoms with Crippen LogP contribution < -0.4 is 0 Å². The first-order valence-electron chi connectivity index (χ1n) is 8.49. The topological polar surface area (TPSA) is 54.5 Å². The molecule has 134 valence electrons. The first kappa shape index (κ1) is 18.3. The standard InChI is InChI=1S/C21H21NO3S/c1-17-7-11-21(12-8-17)26(24,25)22(13-4-14-23)16-18-9-10-19-5-2-3-6-20(19)15-18/h2-3,5-12,14-15H,4,13,16H2,1H3. The van der Waals surface area contributed by atoms with Crippen LogP contribution in [0.1, 0.15) is 17.5 Å². The van der Waals surface area contributed by atoms with Gasteiger partial charge in [0.1, 0.15) is 6.29 Å². The molecule has 3 aromatic carbocycles. The third-order valence-electron chi connectivity index (χ3n) is 4.33. The minimum absolute atomic E-state index is 0.159. The third kappa shape index (κ3) is 4.00. The number of benzene rings is 3. The molecule has 0 saturated carbocycles. The van der Waals surface area contributed by atoms with Crippen LogP contribution in [-0.4, -0.2) is 25.6 Å². The number of nitrogens with zero attached hydrogens (tertiary/aromatic N) is 1. The number of carbonyl (C=O) groups is 1. The first-order valence-corrected chi connectivity index (χ1v) is 9.93. The van der Waals surface area contributed by atoms with Crippen LogP contribution in [0.5, 0.6) is 0 Å². The highest BCUT2D eigenvalue weighted by Crippen LogP contribution is 2.22. The maximum Gasteiger partial charge on any atom is 0.243 e. The summed E-state index contributed by atoms with van der Waals surface area (Å²) in [5.41, 5.74) is 1.89. The lowest BCUT2D eigenvalue weighted by atomic mass is 10.1. The smallest absolute Gasteiger partial charge is 0.243 e. The maximum absolute atomic E-state index is 13.0. The van der Waals surface area contributed by atoms with Crippen molar-refractivity contribution in [2.45, 2.75) is 24.8 Å². The van der Waals surface area contributed by atoms with Crippen LogP contribution in [0.25, 0.3) is 10.8 Å². The lowest BCUT2D eigenvalue weighted by molar-refractivity contribution is -0.107. The zero-order valence-corrected chi connectivity index (χ0v) is 15.4. The van der Waals surface area contributed by atoms with Gasteiger partial charge in [-0.25, -0.2) is 8.42 Å². The Kier molecular flexibility index (Phi) is 5.49. The van der Waals surface area contributed by atoms with E-state index in [1.54, 1.807) is 24.3 Å². The molecule has 0 amide bonds. The number of hydrogen-bond donors (Lipinski definition) is 0. The largest absolute Gasteiger partial charge is 0.303 e. The first-order chi connectivity index (χ1) is 12.5. The van der Waals surface area contributed by atoms with Crippen molar-refractivity contribution in [1.82, 2.24) is 4.31 Å². The molecular weight excluding hydrogens is 346 g/mol. The number of carbonyl (C=O) groups excluding carboxylic acids is 1. The van der Waals surface area contributed by atoms with Gasteiger partial charge in [0.2, 0.25) is 10.0 Å². The molecule has 0 heterocycles. The molecule has 0 N–H and O–H groups in total. The zero-order chi connectivity index (χ0) is 18.6.